The Balaban J connectivity index is 1.32. The van der Waals surface area contributed by atoms with Gasteiger partial charge in [-0.15, -0.1) is 0 Å². The van der Waals surface area contributed by atoms with Crippen LogP contribution < -0.4 is 10.2 Å². The number of likely N-dealkylation sites (N-methyl/N-ethyl adjacent to an activating group) is 1. The first-order valence-corrected chi connectivity index (χ1v) is 11.3. The molecule has 32 heavy (non-hydrogen) atoms. The van der Waals surface area contributed by atoms with Crippen LogP contribution in [0.5, 0.6) is 0 Å². The van der Waals surface area contributed by atoms with Gasteiger partial charge in [0.05, 0.1) is 11.6 Å². The quantitative estimate of drug-likeness (QED) is 0.589. The molecule has 0 radical (unpaired) electrons. The van der Waals surface area contributed by atoms with E-state index in [-0.39, 0.29) is 17.9 Å². The summed E-state index contributed by atoms with van der Waals surface area (Å²) in [6.45, 7) is 1.55. The lowest BCUT2D eigenvalue weighted by Crippen LogP contribution is -2.53. The molecule has 1 saturated carbocycles. The average Bonchev–Trinajstić information content (AvgIpc) is 3.51. The highest BCUT2D eigenvalue weighted by Crippen LogP contribution is 2.36. The molecule has 0 unspecified atom stereocenters. The van der Waals surface area contributed by atoms with Crippen LogP contribution in [-0.2, 0) is 4.79 Å². The number of aromatic amines is 1. The van der Waals surface area contributed by atoms with E-state index in [1.807, 2.05) is 11.9 Å². The van der Waals surface area contributed by atoms with Gasteiger partial charge in [0.2, 0.25) is 5.91 Å². The summed E-state index contributed by atoms with van der Waals surface area (Å²) in [5, 5.41) is 11.4. The molecule has 8 nitrogen and oxygen atoms in total. The Bertz CT molecular complexity index is 1110. The Labute approximate surface area is 190 Å². The fraction of sp³-hybridized carbons (Fsp3) is 0.455. The highest BCUT2D eigenvalue weighted by Gasteiger charge is 2.40. The van der Waals surface area contributed by atoms with Crippen LogP contribution in [0.3, 0.4) is 0 Å². The lowest BCUT2D eigenvalue weighted by molar-refractivity contribution is -0.133. The van der Waals surface area contributed by atoms with Crippen molar-refractivity contribution in [3.05, 3.63) is 41.6 Å². The van der Waals surface area contributed by atoms with Crippen molar-refractivity contribution in [1.29, 1.82) is 0 Å². The molecular weight excluding hydrogens is 433 g/mol. The minimum absolute atomic E-state index is 0.0240. The third kappa shape index (κ3) is 4.21. The Morgan fingerprint density at radius 2 is 2.16 bits per heavy atom. The lowest BCUT2D eigenvalue weighted by Gasteiger charge is -2.39. The molecule has 2 N–H and O–H groups in total. The highest BCUT2D eigenvalue weighted by atomic mass is 35.5. The van der Waals surface area contributed by atoms with E-state index in [1.54, 1.807) is 12.3 Å². The number of fused-ring (bicyclic) bond motifs is 1. The van der Waals surface area contributed by atoms with Gasteiger partial charge in [0.1, 0.15) is 24.0 Å². The van der Waals surface area contributed by atoms with Crippen LogP contribution in [-0.4, -0.2) is 63.2 Å². The van der Waals surface area contributed by atoms with Gasteiger partial charge in [-0.05, 0) is 49.8 Å². The molecule has 0 spiro atoms. The molecule has 1 amide bonds. The Kier molecular flexibility index (Phi) is 5.58. The first kappa shape index (κ1) is 20.9. The number of hydrogen-bond donors (Lipinski definition) is 2. The maximum Gasteiger partial charge on any atom is 0.245 e. The average molecular weight is 458 g/mol. The normalized spacial score (nSPS) is 19.7. The summed E-state index contributed by atoms with van der Waals surface area (Å²) in [5.41, 5.74) is 1.23. The van der Waals surface area contributed by atoms with Crippen LogP contribution in [0, 0.1) is 11.7 Å². The predicted molar refractivity (Wildman–Crippen MR) is 121 cm³/mol. The monoisotopic (exact) mass is 457 g/mol. The minimum atomic E-state index is -0.423. The molecule has 1 aliphatic heterocycles. The van der Waals surface area contributed by atoms with Crippen molar-refractivity contribution in [2.45, 2.75) is 37.8 Å². The molecule has 1 saturated heterocycles. The number of halogens is 2. The number of piperidine rings is 1. The van der Waals surface area contributed by atoms with E-state index in [9.17, 15) is 9.18 Å². The number of aromatic nitrogens is 4. The summed E-state index contributed by atoms with van der Waals surface area (Å²) in [6.07, 6.45) is 7.10. The minimum Gasteiger partial charge on any atom is -0.373 e. The molecule has 10 heteroatoms. The van der Waals surface area contributed by atoms with Crippen molar-refractivity contribution in [3.63, 3.8) is 0 Å². The van der Waals surface area contributed by atoms with Crippen LogP contribution in [0.1, 0.15) is 25.7 Å². The Morgan fingerprint density at radius 1 is 1.31 bits per heavy atom. The van der Waals surface area contributed by atoms with Crippen molar-refractivity contribution >= 4 is 40.0 Å². The molecule has 0 bridgehead atoms. The van der Waals surface area contributed by atoms with E-state index >= 15 is 0 Å². The number of benzene rings is 1. The first-order chi connectivity index (χ1) is 15.5. The molecule has 2 fully saturated rings. The van der Waals surface area contributed by atoms with Gasteiger partial charge in [0.25, 0.3) is 0 Å². The zero-order valence-electron chi connectivity index (χ0n) is 17.8. The van der Waals surface area contributed by atoms with Gasteiger partial charge >= 0.3 is 0 Å². The summed E-state index contributed by atoms with van der Waals surface area (Å²) in [6, 6.07) is 3.94. The zero-order chi connectivity index (χ0) is 22.2. The molecule has 5 rings (SSSR count). The number of nitrogens with one attached hydrogen (secondary N) is 2. The molecule has 3 aromatic rings. The van der Waals surface area contributed by atoms with Crippen LogP contribution in [0.25, 0.3) is 11.0 Å². The fourth-order valence-electron chi connectivity index (χ4n) is 4.49. The first-order valence-electron chi connectivity index (χ1n) is 10.9. The van der Waals surface area contributed by atoms with Gasteiger partial charge in [0.15, 0.2) is 5.65 Å². The van der Waals surface area contributed by atoms with Crippen molar-refractivity contribution in [3.8, 4) is 0 Å². The molecule has 1 aliphatic carbocycles. The van der Waals surface area contributed by atoms with Crippen LogP contribution in [0.15, 0.2) is 30.7 Å². The van der Waals surface area contributed by atoms with E-state index < -0.39 is 11.9 Å². The second-order valence-electron chi connectivity index (χ2n) is 8.64. The second kappa shape index (κ2) is 8.54. The predicted octanol–water partition coefficient (Wildman–Crippen LogP) is 3.46. The Hall–Kier alpha value is -2.94. The third-order valence-corrected chi connectivity index (χ3v) is 6.58. The molecule has 2 aliphatic rings. The Morgan fingerprint density at radius 3 is 2.94 bits per heavy atom. The standard InChI is InChI=1S/C22H25ClFN7O/c1-30(22(32)19(13-4-5-13)28-16-8-14(23)7-15(24)9-16)17-3-2-6-31(11-17)21-18-10-27-29-20(18)25-12-26-21/h7-10,12-13,17,19,28H,2-6,11H2,1H3,(H,25,26,27,29)/t17-,19-/m1/s1. The fourth-order valence-corrected chi connectivity index (χ4v) is 4.72. The molecule has 2 atom stereocenters. The lowest BCUT2D eigenvalue weighted by atomic mass is 10.0. The molecule has 3 heterocycles. The highest BCUT2D eigenvalue weighted by molar-refractivity contribution is 6.30. The smallest absolute Gasteiger partial charge is 0.245 e. The van der Waals surface area contributed by atoms with E-state index in [1.165, 1.54) is 18.5 Å². The van der Waals surface area contributed by atoms with Gasteiger partial charge in [-0.3, -0.25) is 9.89 Å². The van der Waals surface area contributed by atoms with E-state index in [2.05, 4.69) is 30.4 Å². The largest absolute Gasteiger partial charge is 0.373 e. The van der Waals surface area contributed by atoms with Gasteiger partial charge in [-0.1, -0.05) is 11.6 Å². The number of amides is 1. The van der Waals surface area contributed by atoms with Gasteiger partial charge in [-0.2, -0.15) is 5.10 Å². The topological polar surface area (TPSA) is 90.0 Å². The SMILES string of the molecule is CN(C(=O)[C@H](Nc1cc(F)cc(Cl)c1)C1CC1)[C@@H]1CCCN(c2ncnc3[nH]ncc23)C1. The summed E-state index contributed by atoms with van der Waals surface area (Å²) < 4.78 is 13.8. The number of nitrogens with zero attached hydrogens (tertiary/aromatic N) is 5. The van der Waals surface area contributed by atoms with Crippen molar-refractivity contribution < 1.29 is 9.18 Å². The van der Waals surface area contributed by atoms with Crippen LogP contribution in [0.2, 0.25) is 5.02 Å². The summed E-state index contributed by atoms with van der Waals surface area (Å²) in [4.78, 5) is 26.2. The summed E-state index contributed by atoms with van der Waals surface area (Å²) in [5.74, 6) is 0.684. The molecule has 2 aromatic heterocycles. The number of anilines is 2. The summed E-state index contributed by atoms with van der Waals surface area (Å²) >= 11 is 6.00. The van der Waals surface area contributed by atoms with Gasteiger partial charge in [-0.25, -0.2) is 14.4 Å². The van der Waals surface area contributed by atoms with Crippen molar-refractivity contribution in [1.82, 2.24) is 25.1 Å². The van der Waals surface area contributed by atoms with Crippen LogP contribution in [0.4, 0.5) is 15.9 Å². The number of hydrogen-bond acceptors (Lipinski definition) is 6. The second-order valence-corrected chi connectivity index (χ2v) is 9.07. The van der Waals surface area contributed by atoms with Crippen LogP contribution >= 0.6 is 11.6 Å². The number of carbonyl (C=O) groups excluding carboxylic acids is 1. The number of carbonyl (C=O) groups is 1. The van der Waals surface area contributed by atoms with Crippen molar-refractivity contribution in [2.24, 2.45) is 5.92 Å². The number of rotatable bonds is 6. The third-order valence-electron chi connectivity index (χ3n) is 6.36. The molecular formula is C22H25ClFN7O. The molecule has 168 valence electrons. The van der Waals surface area contributed by atoms with E-state index in [0.717, 1.165) is 43.4 Å². The van der Waals surface area contributed by atoms with E-state index in [4.69, 9.17) is 11.6 Å². The molecule has 1 aromatic carbocycles. The maximum absolute atomic E-state index is 13.8. The van der Waals surface area contributed by atoms with Gasteiger partial charge < -0.3 is 15.1 Å². The van der Waals surface area contributed by atoms with E-state index in [0.29, 0.717) is 22.9 Å². The zero-order valence-corrected chi connectivity index (χ0v) is 18.5. The van der Waals surface area contributed by atoms with Crippen molar-refractivity contribution in [2.75, 3.05) is 30.4 Å². The number of H-pyrrole nitrogens is 1. The maximum atomic E-state index is 13.8. The summed E-state index contributed by atoms with van der Waals surface area (Å²) in [7, 11) is 1.86. The van der Waals surface area contributed by atoms with Gasteiger partial charge in [0, 0.05) is 36.9 Å².